The van der Waals surface area contributed by atoms with Crippen molar-refractivity contribution in [3.63, 3.8) is 0 Å². The van der Waals surface area contributed by atoms with Gasteiger partial charge in [-0.3, -0.25) is 9.69 Å². The van der Waals surface area contributed by atoms with E-state index in [-0.39, 0.29) is 29.5 Å². The summed E-state index contributed by atoms with van der Waals surface area (Å²) < 4.78 is 34.3. The van der Waals surface area contributed by atoms with E-state index in [1.165, 1.54) is 36.1 Å². The van der Waals surface area contributed by atoms with Gasteiger partial charge in [-0.2, -0.15) is 8.78 Å². The first-order valence-corrected chi connectivity index (χ1v) is 9.97. The molecule has 1 saturated heterocycles. The number of aldehydes is 1. The van der Waals surface area contributed by atoms with Crippen molar-refractivity contribution in [2.45, 2.75) is 32.9 Å². The van der Waals surface area contributed by atoms with Gasteiger partial charge in [-0.25, -0.2) is 4.79 Å². The van der Waals surface area contributed by atoms with Crippen LogP contribution in [0.5, 0.6) is 5.75 Å². The molecule has 1 aromatic rings. The van der Waals surface area contributed by atoms with E-state index >= 15 is 0 Å². The van der Waals surface area contributed by atoms with Crippen LogP contribution >= 0.6 is 0 Å². The number of benzene rings is 1. The Morgan fingerprint density at radius 1 is 1.25 bits per heavy atom. The van der Waals surface area contributed by atoms with Crippen molar-refractivity contribution in [2.24, 2.45) is 0 Å². The lowest BCUT2D eigenvalue weighted by Gasteiger charge is -2.42. The molecule has 1 aliphatic heterocycles. The highest BCUT2D eigenvalue weighted by Crippen LogP contribution is 2.21. The normalized spacial score (nSPS) is 15.8. The smallest absolute Gasteiger partial charge is 0.416 e. The second-order valence-corrected chi connectivity index (χ2v) is 7.83. The summed E-state index contributed by atoms with van der Waals surface area (Å²) in [4.78, 5) is 27.8. The number of rotatable bonds is 9. The quantitative estimate of drug-likeness (QED) is 0.227. The molecule has 32 heavy (non-hydrogen) atoms. The molecule has 0 bridgehead atoms. The van der Waals surface area contributed by atoms with Crippen LogP contribution in [0.15, 0.2) is 35.7 Å². The van der Waals surface area contributed by atoms with Gasteiger partial charge in [0, 0.05) is 43.1 Å². The van der Waals surface area contributed by atoms with Crippen LogP contribution < -0.4 is 10.1 Å². The highest BCUT2D eigenvalue weighted by atomic mass is 19.3. The molecule has 1 aliphatic rings. The van der Waals surface area contributed by atoms with Crippen molar-refractivity contribution in [1.82, 2.24) is 9.80 Å². The highest BCUT2D eigenvalue weighted by Gasteiger charge is 2.31. The molecule has 0 aliphatic carbocycles. The molecule has 1 heterocycles. The van der Waals surface area contributed by atoms with Crippen molar-refractivity contribution < 1.29 is 33.0 Å². The van der Waals surface area contributed by atoms with Gasteiger partial charge in [-0.05, 0) is 45.0 Å². The van der Waals surface area contributed by atoms with Gasteiger partial charge in [0.15, 0.2) is 6.29 Å². The van der Waals surface area contributed by atoms with Gasteiger partial charge in [0.2, 0.25) is 5.88 Å². The van der Waals surface area contributed by atoms with Gasteiger partial charge in [-0.1, -0.05) is 0 Å². The molecule has 0 saturated carbocycles. The number of hydrogen-bond acceptors (Lipinski definition) is 8. The van der Waals surface area contributed by atoms with Gasteiger partial charge in [-0.15, -0.1) is 0 Å². The lowest BCUT2D eigenvalue weighted by Crippen LogP contribution is -2.57. The Bertz CT molecular complexity index is 850. The molecule has 0 spiro atoms. The van der Waals surface area contributed by atoms with Gasteiger partial charge in [0.05, 0.1) is 12.2 Å². The summed E-state index contributed by atoms with van der Waals surface area (Å²) in [7, 11) is 0. The number of nitrogens with one attached hydrogen (secondary N) is 2. The summed E-state index contributed by atoms with van der Waals surface area (Å²) in [5.41, 5.74) is -0.358. The van der Waals surface area contributed by atoms with Gasteiger partial charge < -0.3 is 30.2 Å². The fourth-order valence-corrected chi connectivity index (χ4v) is 3.06. The number of allylic oxidation sites excluding steroid dienone is 1. The first kappa shape index (κ1) is 25.2. The van der Waals surface area contributed by atoms with Crippen molar-refractivity contribution >= 4 is 23.8 Å². The Kier molecular flexibility index (Phi) is 8.67. The number of hydrogen-bond donors (Lipinski definition) is 3. The topological polar surface area (TPSA) is 115 Å². The number of carbonyl (C=O) groups excluding carboxylic acids is 2. The summed E-state index contributed by atoms with van der Waals surface area (Å²) in [6.45, 7) is 3.99. The van der Waals surface area contributed by atoms with E-state index in [0.29, 0.717) is 38.2 Å². The fraction of sp³-hybridized carbons (Fsp3) is 0.476. The molecule has 0 aromatic heterocycles. The second-order valence-electron chi connectivity index (χ2n) is 7.83. The summed E-state index contributed by atoms with van der Waals surface area (Å²) in [5, 5.41) is 20.1. The van der Waals surface area contributed by atoms with Gasteiger partial charge in [0.25, 0.3) is 0 Å². The maximum absolute atomic E-state index is 12.7. The predicted octanol–water partition coefficient (Wildman–Crippen LogP) is 2.68. The van der Waals surface area contributed by atoms with Crippen LogP contribution in [-0.2, 0) is 9.53 Å². The zero-order valence-corrected chi connectivity index (χ0v) is 18.2. The Balaban J connectivity index is 2.13. The minimum atomic E-state index is -2.96. The molecule has 1 fully saturated rings. The standard InChI is InChI=1S/C21H28F2N4O5/c1-14(24)17(12-28)18(25-15-4-6-16(7-5-15)31-19(22)23)32-20(30)26-8-10-27(11-9-26)21(2,3)13-29/h4-7,12,19,24-25,29H,8-11,13H2,1-3H3/b18-17+,24-14?. The number of ether oxygens (including phenoxy) is 2. The first-order chi connectivity index (χ1) is 15.1. The SMILES string of the molecule is CC(=N)/C(C=O)=C(\Nc1ccc(OC(F)F)cc1)OC(=O)N1CCN(C(C)(C)CO)CC1. The number of alkyl halides is 2. The zero-order valence-electron chi connectivity index (χ0n) is 18.2. The van der Waals surface area contributed by atoms with E-state index in [1.54, 1.807) is 0 Å². The van der Waals surface area contributed by atoms with Gasteiger partial charge in [0.1, 0.15) is 5.75 Å². The van der Waals surface area contributed by atoms with Crippen molar-refractivity contribution in [3.8, 4) is 5.75 Å². The number of carbonyl (C=O) groups is 2. The summed E-state index contributed by atoms with van der Waals surface area (Å²) in [6, 6.07) is 5.38. The third-order valence-electron chi connectivity index (χ3n) is 5.07. The third-order valence-corrected chi connectivity index (χ3v) is 5.07. The lowest BCUT2D eigenvalue weighted by atomic mass is 10.0. The first-order valence-electron chi connectivity index (χ1n) is 9.97. The summed E-state index contributed by atoms with van der Waals surface area (Å²) >= 11 is 0. The minimum absolute atomic E-state index is 0.0172. The molecule has 0 unspecified atom stereocenters. The third kappa shape index (κ3) is 6.72. The van der Waals surface area contributed by atoms with Crippen LogP contribution in [0.4, 0.5) is 19.3 Å². The van der Waals surface area contributed by atoms with Crippen molar-refractivity contribution in [3.05, 3.63) is 35.7 Å². The molecule has 0 radical (unpaired) electrons. The van der Waals surface area contributed by atoms with E-state index < -0.39 is 18.2 Å². The van der Waals surface area contributed by atoms with E-state index in [2.05, 4.69) is 15.0 Å². The van der Waals surface area contributed by atoms with Crippen LogP contribution in [-0.4, -0.2) is 77.9 Å². The Labute approximate surface area is 185 Å². The summed E-state index contributed by atoms with van der Waals surface area (Å²) in [5.74, 6) is -0.297. The largest absolute Gasteiger partial charge is 0.435 e. The van der Waals surface area contributed by atoms with E-state index in [4.69, 9.17) is 10.1 Å². The Morgan fingerprint density at radius 3 is 2.31 bits per heavy atom. The highest BCUT2D eigenvalue weighted by molar-refractivity contribution is 6.13. The Morgan fingerprint density at radius 2 is 1.84 bits per heavy atom. The predicted molar refractivity (Wildman–Crippen MR) is 114 cm³/mol. The van der Waals surface area contributed by atoms with Crippen LogP contribution in [0, 0.1) is 5.41 Å². The van der Waals surface area contributed by atoms with Crippen molar-refractivity contribution in [2.75, 3.05) is 38.1 Å². The molecule has 9 nitrogen and oxygen atoms in total. The van der Waals surface area contributed by atoms with Crippen LogP contribution in [0.2, 0.25) is 0 Å². The molecule has 1 amide bonds. The molecular formula is C21H28F2N4O5. The van der Waals surface area contributed by atoms with Crippen LogP contribution in [0.3, 0.4) is 0 Å². The molecule has 0 atom stereocenters. The number of aliphatic hydroxyl groups excluding tert-OH is 1. The average molecular weight is 454 g/mol. The average Bonchev–Trinajstić information content (AvgIpc) is 2.75. The number of nitrogens with zero attached hydrogens (tertiary/aromatic N) is 2. The van der Waals surface area contributed by atoms with E-state index in [9.17, 15) is 23.5 Å². The number of anilines is 1. The maximum Gasteiger partial charge on any atom is 0.416 e. The number of amides is 1. The molecule has 1 aromatic carbocycles. The second kappa shape index (κ2) is 11.0. The molecule has 3 N–H and O–H groups in total. The molecular weight excluding hydrogens is 426 g/mol. The molecule has 11 heteroatoms. The van der Waals surface area contributed by atoms with Gasteiger partial charge >= 0.3 is 12.7 Å². The Hall–Kier alpha value is -3.05. The fourth-order valence-electron chi connectivity index (χ4n) is 3.06. The zero-order chi connectivity index (χ0) is 23.9. The maximum atomic E-state index is 12.7. The van der Waals surface area contributed by atoms with Crippen LogP contribution in [0.25, 0.3) is 0 Å². The number of piperazine rings is 1. The number of halogens is 2. The number of aliphatic hydroxyl groups is 1. The van der Waals surface area contributed by atoms with Crippen LogP contribution in [0.1, 0.15) is 20.8 Å². The van der Waals surface area contributed by atoms with E-state index in [1.807, 2.05) is 13.8 Å². The lowest BCUT2D eigenvalue weighted by molar-refractivity contribution is -0.104. The van der Waals surface area contributed by atoms with E-state index in [0.717, 1.165) is 0 Å². The molecule has 2 rings (SSSR count). The monoisotopic (exact) mass is 454 g/mol. The van der Waals surface area contributed by atoms with Crippen molar-refractivity contribution in [1.29, 1.82) is 5.41 Å². The summed E-state index contributed by atoms with van der Waals surface area (Å²) in [6.07, 6.45) is -0.305. The minimum Gasteiger partial charge on any atom is -0.435 e. The molecule has 176 valence electrons.